The van der Waals surface area contributed by atoms with E-state index in [0.717, 1.165) is 35.4 Å². The Morgan fingerprint density at radius 3 is 2.96 bits per heavy atom. The fraction of sp³-hybridized carbons (Fsp3) is 0.467. The number of hydrogen-bond acceptors (Lipinski definition) is 5. The van der Waals surface area contributed by atoms with Crippen LogP contribution in [0.3, 0.4) is 0 Å². The van der Waals surface area contributed by atoms with Crippen LogP contribution < -0.4 is 4.72 Å². The fourth-order valence-corrected chi connectivity index (χ4v) is 4.31. The van der Waals surface area contributed by atoms with Crippen LogP contribution in [0.25, 0.3) is 11.3 Å². The first-order valence-corrected chi connectivity index (χ1v) is 10.5. The monoisotopic (exact) mass is 368 g/mol. The van der Waals surface area contributed by atoms with E-state index in [2.05, 4.69) is 14.7 Å². The number of likely N-dealkylation sites (tertiary alicyclic amines) is 1. The minimum atomic E-state index is -3.27. The molecule has 0 bridgehead atoms. The first-order valence-electron chi connectivity index (χ1n) is 7.69. The number of aryl methyl sites for hydroxylation is 1. The molecule has 1 aliphatic rings. The molecule has 130 valence electrons. The molecule has 1 unspecified atom stereocenters. The number of thiazole rings is 1. The lowest BCUT2D eigenvalue weighted by Gasteiger charge is -2.32. The smallest absolute Gasteiger partial charge is 0.270 e. The Morgan fingerprint density at radius 1 is 1.50 bits per heavy atom. The molecule has 9 heteroatoms. The SMILES string of the molecule is Cc1nc(-c2c[nH]c(C(=O)N3CCCC(NS(C)(=O)=O)C3)c2)cs1. The van der Waals surface area contributed by atoms with Gasteiger partial charge in [-0.1, -0.05) is 0 Å². The maximum Gasteiger partial charge on any atom is 0.270 e. The Kier molecular flexibility index (Phi) is 4.75. The summed E-state index contributed by atoms with van der Waals surface area (Å²) in [4.78, 5) is 21.8. The largest absolute Gasteiger partial charge is 0.357 e. The number of piperidine rings is 1. The summed E-state index contributed by atoms with van der Waals surface area (Å²) in [5, 5.41) is 2.93. The number of aromatic amines is 1. The van der Waals surface area contributed by atoms with E-state index in [9.17, 15) is 13.2 Å². The predicted molar refractivity (Wildman–Crippen MR) is 93.5 cm³/mol. The van der Waals surface area contributed by atoms with Gasteiger partial charge in [-0.2, -0.15) is 0 Å². The number of amides is 1. The summed E-state index contributed by atoms with van der Waals surface area (Å²) >= 11 is 1.57. The molecular formula is C15H20N4O3S2. The molecule has 7 nitrogen and oxygen atoms in total. The number of sulfonamides is 1. The van der Waals surface area contributed by atoms with Gasteiger partial charge in [-0.25, -0.2) is 18.1 Å². The summed E-state index contributed by atoms with van der Waals surface area (Å²) in [5.74, 6) is -0.117. The van der Waals surface area contributed by atoms with Crippen LogP contribution in [-0.4, -0.2) is 54.6 Å². The molecule has 1 amide bonds. The summed E-state index contributed by atoms with van der Waals surface area (Å²) in [7, 11) is -3.27. The first kappa shape index (κ1) is 17.1. The van der Waals surface area contributed by atoms with E-state index in [4.69, 9.17) is 0 Å². The van der Waals surface area contributed by atoms with Crippen molar-refractivity contribution in [2.45, 2.75) is 25.8 Å². The third kappa shape index (κ3) is 4.03. The highest BCUT2D eigenvalue weighted by Crippen LogP contribution is 2.23. The van der Waals surface area contributed by atoms with Crippen LogP contribution in [0.4, 0.5) is 0 Å². The van der Waals surface area contributed by atoms with Crippen molar-refractivity contribution in [2.75, 3.05) is 19.3 Å². The highest BCUT2D eigenvalue weighted by Gasteiger charge is 2.27. The Hall–Kier alpha value is -1.71. The highest BCUT2D eigenvalue weighted by molar-refractivity contribution is 7.88. The Labute approximate surface area is 145 Å². The van der Waals surface area contributed by atoms with Crippen LogP contribution >= 0.6 is 11.3 Å². The molecule has 3 heterocycles. The standard InChI is InChI=1S/C15H20N4O3S2/c1-10-17-14(9-23-10)11-6-13(16-7-11)15(20)19-5-3-4-12(8-19)18-24(2,21)22/h6-7,9,12,16,18H,3-5,8H2,1-2H3. The molecule has 0 spiro atoms. The van der Waals surface area contributed by atoms with Gasteiger partial charge in [0.2, 0.25) is 10.0 Å². The molecule has 0 saturated carbocycles. The van der Waals surface area contributed by atoms with Crippen LogP contribution in [0.5, 0.6) is 0 Å². The highest BCUT2D eigenvalue weighted by atomic mass is 32.2. The molecule has 0 radical (unpaired) electrons. The summed E-state index contributed by atoms with van der Waals surface area (Å²) in [6.45, 7) is 2.95. The van der Waals surface area contributed by atoms with Gasteiger partial charge in [-0.3, -0.25) is 4.79 Å². The van der Waals surface area contributed by atoms with Crippen molar-refractivity contribution < 1.29 is 13.2 Å². The molecule has 2 aromatic heterocycles. The summed E-state index contributed by atoms with van der Waals surface area (Å²) in [5.41, 5.74) is 2.23. The van der Waals surface area contributed by atoms with Gasteiger partial charge in [0.15, 0.2) is 0 Å². The number of hydrogen-bond donors (Lipinski definition) is 2. The molecule has 24 heavy (non-hydrogen) atoms. The number of nitrogens with one attached hydrogen (secondary N) is 2. The topological polar surface area (TPSA) is 95.2 Å². The molecule has 2 N–H and O–H groups in total. The molecule has 0 aliphatic carbocycles. The molecule has 1 aliphatic heterocycles. The average molecular weight is 368 g/mol. The van der Waals surface area contributed by atoms with Crippen molar-refractivity contribution in [2.24, 2.45) is 0 Å². The number of H-pyrrole nitrogens is 1. The van der Waals surface area contributed by atoms with Crippen LogP contribution in [0, 0.1) is 6.92 Å². The van der Waals surface area contributed by atoms with E-state index in [1.165, 1.54) is 0 Å². The number of carbonyl (C=O) groups excluding carboxylic acids is 1. The number of nitrogens with zero attached hydrogens (tertiary/aromatic N) is 2. The molecule has 0 aromatic carbocycles. The molecule has 2 aromatic rings. The lowest BCUT2D eigenvalue weighted by molar-refractivity contribution is 0.0698. The average Bonchev–Trinajstić information content (AvgIpc) is 3.13. The van der Waals surface area contributed by atoms with Gasteiger partial charge in [0.25, 0.3) is 5.91 Å². The second-order valence-corrected chi connectivity index (χ2v) is 8.88. The van der Waals surface area contributed by atoms with Crippen LogP contribution in [0.2, 0.25) is 0 Å². The molecule has 1 saturated heterocycles. The van der Waals surface area contributed by atoms with Crippen molar-refractivity contribution in [3.8, 4) is 11.3 Å². The van der Waals surface area contributed by atoms with E-state index >= 15 is 0 Å². The third-order valence-electron chi connectivity index (χ3n) is 3.92. The van der Waals surface area contributed by atoms with Gasteiger partial charge in [-0.15, -0.1) is 11.3 Å². The Morgan fingerprint density at radius 2 is 2.29 bits per heavy atom. The Balaban J connectivity index is 1.71. The van der Waals surface area contributed by atoms with Crippen molar-refractivity contribution >= 4 is 27.3 Å². The lowest BCUT2D eigenvalue weighted by Crippen LogP contribution is -2.49. The van der Waals surface area contributed by atoms with E-state index in [0.29, 0.717) is 18.8 Å². The third-order valence-corrected chi connectivity index (χ3v) is 5.45. The zero-order valence-corrected chi connectivity index (χ0v) is 15.2. The van der Waals surface area contributed by atoms with Crippen LogP contribution in [0.15, 0.2) is 17.6 Å². The number of aromatic nitrogens is 2. The number of rotatable bonds is 4. The summed E-state index contributed by atoms with van der Waals surface area (Å²) in [6.07, 6.45) is 4.43. The zero-order chi connectivity index (χ0) is 17.3. The van der Waals surface area contributed by atoms with Crippen LogP contribution in [-0.2, 0) is 10.0 Å². The Bertz CT molecular complexity index is 841. The van der Waals surface area contributed by atoms with Gasteiger partial charge < -0.3 is 9.88 Å². The molecular weight excluding hydrogens is 348 g/mol. The summed E-state index contributed by atoms with van der Waals surface area (Å²) < 4.78 is 25.4. The first-order chi connectivity index (χ1) is 11.3. The van der Waals surface area contributed by atoms with E-state index < -0.39 is 10.0 Å². The quantitative estimate of drug-likeness (QED) is 0.857. The van der Waals surface area contributed by atoms with Gasteiger partial charge in [0.05, 0.1) is 17.0 Å². The van der Waals surface area contributed by atoms with Gasteiger partial charge in [-0.05, 0) is 25.8 Å². The van der Waals surface area contributed by atoms with Crippen molar-refractivity contribution in [3.05, 3.63) is 28.3 Å². The van der Waals surface area contributed by atoms with Crippen LogP contribution in [0.1, 0.15) is 28.3 Å². The molecule has 3 rings (SSSR count). The lowest BCUT2D eigenvalue weighted by atomic mass is 10.1. The maximum absolute atomic E-state index is 12.7. The van der Waals surface area contributed by atoms with Crippen molar-refractivity contribution in [3.63, 3.8) is 0 Å². The predicted octanol–water partition coefficient (Wildman–Crippen LogP) is 1.60. The van der Waals surface area contributed by atoms with Gasteiger partial charge in [0.1, 0.15) is 5.69 Å². The van der Waals surface area contributed by atoms with Gasteiger partial charge in [0, 0.05) is 36.3 Å². The van der Waals surface area contributed by atoms with Gasteiger partial charge >= 0.3 is 0 Å². The normalized spacial score (nSPS) is 18.8. The maximum atomic E-state index is 12.7. The van der Waals surface area contributed by atoms with E-state index in [1.807, 2.05) is 12.3 Å². The minimum absolute atomic E-state index is 0.117. The van der Waals surface area contributed by atoms with E-state index in [-0.39, 0.29) is 11.9 Å². The summed E-state index contributed by atoms with van der Waals surface area (Å²) in [6, 6.07) is 1.57. The van der Waals surface area contributed by atoms with Crippen molar-refractivity contribution in [1.82, 2.24) is 19.6 Å². The second kappa shape index (κ2) is 6.66. The zero-order valence-electron chi connectivity index (χ0n) is 13.6. The molecule has 1 fully saturated rings. The number of carbonyl (C=O) groups is 1. The van der Waals surface area contributed by atoms with E-state index in [1.54, 1.807) is 28.5 Å². The second-order valence-electron chi connectivity index (χ2n) is 6.03. The molecule has 1 atom stereocenters. The fourth-order valence-electron chi connectivity index (χ4n) is 2.89. The minimum Gasteiger partial charge on any atom is -0.357 e. The van der Waals surface area contributed by atoms with Crippen molar-refractivity contribution in [1.29, 1.82) is 0 Å².